The number of benzene rings is 1. The first-order chi connectivity index (χ1) is 6.18. The summed E-state index contributed by atoms with van der Waals surface area (Å²) in [6.07, 6.45) is 2.02. The predicted molar refractivity (Wildman–Crippen MR) is 57.7 cm³/mol. The van der Waals surface area contributed by atoms with Gasteiger partial charge in [-0.2, -0.15) is 0 Å². The Morgan fingerprint density at radius 3 is 2.85 bits per heavy atom. The topological polar surface area (TPSA) is 15.8 Å². The zero-order chi connectivity index (χ0) is 9.42. The number of aromatic amines is 1. The van der Waals surface area contributed by atoms with Gasteiger partial charge in [0.25, 0.3) is 0 Å². The van der Waals surface area contributed by atoms with Gasteiger partial charge in [0.15, 0.2) is 0 Å². The van der Waals surface area contributed by atoms with Gasteiger partial charge in [0.1, 0.15) is 0 Å². The van der Waals surface area contributed by atoms with Crippen LogP contribution in [-0.4, -0.2) is 4.98 Å². The average molecular weight is 171 g/mol. The van der Waals surface area contributed by atoms with E-state index in [2.05, 4.69) is 36.7 Å². The molecule has 0 atom stereocenters. The van der Waals surface area contributed by atoms with Gasteiger partial charge in [0.2, 0.25) is 0 Å². The first-order valence-corrected chi connectivity index (χ1v) is 4.42. The van der Waals surface area contributed by atoms with Crippen molar-refractivity contribution in [2.24, 2.45) is 0 Å². The van der Waals surface area contributed by atoms with E-state index in [1.165, 1.54) is 22.0 Å². The number of aryl methyl sites for hydroxylation is 1. The van der Waals surface area contributed by atoms with Gasteiger partial charge in [-0.3, -0.25) is 0 Å². The highest BCUT2D eigenvalue weighted by molar-refractivity contribution is 5.92. The van der Waals surface area contributed by atoms with Crippen LogP contribution < -0.4 is 0 Å². The predicted octanol–water partition coefficient (Wildman–Crippen LogP) is 3.51. The van der Waals surface area contributed by atoms with Crippen LogP contribution in [0, 0.1) is 6.92 Å². The summed E-state index contributed by atoms with van der Waals surface area (Å²) in [6, 6.07) is 6.41. The second-order valence-electron chi connectivity index (χ2n) is 3.53. The molecule has 1 heterocycles. The summed E-state index contributed by atoms with van der Waals surface area (Å²) >= 11 is 0. The minimum Gasteiger partial charge on any atom is -0.361 e. The Morgan fingerprint density at radius 1 is 1.38 bits per heavy atom. The quantitative estimate of drug-likeness (QED) is 0.675. The van der Waals surface area contributed by atoms with Crippen molar-refractivity contribution in [2.75, 3.05) is 0 Å². The van der Waals surface area contributed by atoms with Crippen molar-refractivity contribution in [3.05, 3.63) is 42.1 Å². The summed E-state index contributed by atoms with van der Waals surface area (Å²) in [5.74, 6) is 0. The number of hydrogen-bond acceptors (Lipinski definition) is 0. The first-order valence-electron chi connectivity index (χ1n) is 4.42. The summed E-state index contributed by atoms with van der Waals surface area (Å²) in [5, 5.41) is 1.27. The average Bonchev–Trinajstić information content (AvgIpc) is 2.46. The third kappa shape index (κ3) is 1.26. The van der Waals surface area contributed by atoms with Gasteiger partial charge in [0.05, 0.1) is 0 Å². The van der Waals surface area contributed by atoms with Crippen LogP contribution in [-0.2, 0) is 0 Å². The Bertz CT molecular complexity index is 463. The molecule has 66 valence electrons. The lowest BCUT2D eigenvalue weighted by Crippen LogP contribution is -1.75. The zero-order valence-corrected chi connectivity index (χ0v) is 8.02. The summed E-state index contributed by atoms with van der Waals surface area (Å²) in [4.78, 5) is 3.24. The van der Waals surface area contributed by atoms with Crippen LogP contribution in [0.2, 0.25) is 0 Å². The van der Waals surface area contributed by atoms with E-state index >= 15 is 0 Å². The van der Waals surface area contributed by atoms with Gasteiger partial charge in [-0.25, -0.2) is 0 Å². The monoisotopic (exact) mass is 171 g/mol. The molecule has 0 radical (unpaired) electrons. The van der Waals surface area contributed by atoms with Crippen LogP contribution in [0.4, 0.5) is 0 Å². The standard InChI is InChI=1S/C12H13N/c1-8(2)11-7-13-12-5-4-9(3)6-10(11)12/h4-7,13H,1H2,2-3H3. The highest BCUT2D eigenvalue weighted by Crippen LogP contribution is 2.24. The molecule has 0 fully saturated rings. The fourth-order valence-corrected chi connectivity index (χ4v) is 1.59. The van der Waals surface area contributed by atoms with Crippen molar-refractivity contribution in [3.63, 3.8) is 0 Å². The van der Waals surface area contributed by atoms with E-state index in [4.69, 9.17) is 0 Å². The molecule has 0 spiro atoms. The number of hydrogen-bond donors (Lipinski definition) is 1. The molecule has 1 aromatic carbocycles. The molecule has 0 aliphatic heterocycles. The van der Waals surface area contributed by atoms with Gasteiger partial charge in [0, 0.05) is 22.7 Å². The van der Waals surface area contributed by atoms with Gasteiger partial charge in [-0.05, 0) is 31.6 Å². The summed E-state index contributed by atoms with van der Waals surface area (Å²) in [5.41, 5.74) is 4.80. The van der Waals surface area contributed by atoms with Crippen molar-refractivity contribution in [2.45, 2.75) is 13.8 Å². The fourth-order valence-electron chi connectivity index (χ4n) is 1.59. The third-order valence-electron chi connectivity index (χ3n) is 2.30. The Morgan fingerprint density at radius 2 is 2.15 bits per heavy atom. The van der Waals surface area contributed by atoms with Gasteiger partial charge >= 0.3 is 0 Å². The van der Waals surface area contributed by atoms with Crippen LogP contribution in [0.5, 0.6) is 0 Å². The SMILES string of the molecule is C=C(C)c1c[nH]c2ccc(C)cc12. The van der Waals surface area contributed by atoms with E-state index in [0.29, 0.717) is 0 Å². The normalized spacial score (nSPS) is 10.6. The lowest BCUT2D eigenvalue weighted by molar-refractivity contribution is 1.45. The maximum atomic E-state index is 3.96. The maximum Gasteiger partial charge on any atom is 0.0460 e. The molecule has 0 saturated heterocycles. The fraction of sp³-hybridized carbons (Fsp3) is 0.167. The highest BCUT2D eigenvalue weighted by Gasteiger charge is 2.02. The molecule has 1 heteroatoms. The van der Waals surface area contributed by atoms with Crippen molar-refractivity contribution in [3.8, 4) is 0 Å². The lowest BCUT2D eigenvalue weighted by atomic mass is 10.1. The molecule has 0 bridgehead atoms. The van der Waals surface area contributed by atoms with E-state index in [1.807, 2.05) is 13.1 Å². The van der Waals surface area contributed by atoms with E-state index in [1.54, 1.807) is 0 Å². The van der Waals surface area contributed by atoms with E-state index in [-0.39, 0.29) is 0 Å². The second-order valence-corrected chi connectivity index (χ2v) is 3.53. The van der Waals surface area contributed by atoms with Crippen LogP contribution in [0.25, 0.3) is 16.5 Å². The zero-order valence-electron chi connectivity index (χ0n) is 8.02. The Kier molecular flexibility index (Phi) is 1.73. The minimum absolute atomic E-state index is 1.11. The smallest absolute Gasteiger partial charge is 0.0460 e. The Hall–Kier alpha value is -1.50. The molecule has 2 aromatic rings. The maximum absolute atomic E-state index is 3.96. The largest absolute Gasteiger partial charge is 0.361 e. The van der Waals surface area contributed by atoms with Crippen LogP contribution in [0.1, 0.15) is 18.1 Å². The molecule has 1 aromatic heterocycles. The van der Waals surface area contributed by atoms with Gasteiger partial charge < -0.3 is 4.98 Å². The molecule has 0 saturated carbocycles. The number of fused-ring (bicyclic) bond motifs is 1. The van der Waals surface area contributed by atoms with Crippen molar-refractivity contribution < 1.29 is 0 Å². The molecule has 1 nitrogen and oxygen atoms in total. The number of allylic oxidation sites excluding steroid dienone is 1. The second kappa shape index (κ2) is 2.77. The molecule has 0 amide bonds. The summed E-state index contributed by atoms with van der Waals surface area (Å²) in [7, 11) is 0. The molecule has 0 aliphatic rings. The number of H-pyrrole nitrogens is 1. The molecular formula is C12H13N. The number of rotatable bonds is 1. The molecule has 13 heavy (non-hydrogen) atoms. The molecular weight excluding hydrogens is 158 g/mol. The van der Waals surface area contributed by atoms with Crippen molar-refractivity contribution >= 4 is 16.5 Å². The lowest BCUT2D eigenvalue weighted by Gasteiger charge is -1.97. The van der Waals surface area contributed by atoms with Gasteiger partial charge in [-0.15, -0.1) is 0 Å². The van der Waals surface area contributed by atoms with Crippen LogP contribution >= 0.6 is 0 Å². The molecule has 0 unspecified atom stereocenters. The summed E-state index contributed by atoms with van der Waals surface area (Å²) < 4.78 is 0. The molecule has 0 aliphatic carbocycles. The highest BCUT2D eigenvalue weighted by atomic mass is 14.7. The molecule has 2 rings (SSSR count). The van der Waals surface area contributed by atoms with E-state index in [0.717, 1.165) is 5.57 Å². The number of aromatic nitrogens is 1. The number of nitrogens with one attached hydrogen (secondary N) is 1. The van der Waals surface area contributed by atoms with Crippen molar-refractivity contribution in [1.82, 2.24) is 4.98 Å². The summed E-state index contributed by atoms with van der Waals surface area (Å²) in [6.45, 7) is 8.10. The third-order valence-corrected chi connectivity index (χ3v) is 2.30. The van der Waals surface area contributed by atoms with Crippen LogP contribution in [0.15, 0.2) is 31.0 Å². The Labute approximate surface area is 78.1 Å². The minimum atomic E-state index is 1.11. The van der Waals surface area contributed by atoms with Gasteiger partial charge in [-0.1, -0.05) is 18.2 Å². The van der Waals surface area contributed by atoms with Crippen molar-refractivity contribution in [1.29, 1.82) is 0 Å². The van der Waals surface area contributed by atoms with Crippen LogP contribution in [0.3, 0.4) is 0 Å². The van der Waals surface area contributed by atoms with E-state index < -0.39 is 0 Å². The first kappa shape index (κ1) is 8.11. The molecule has 1 N–H and O–H groups in total. The van der Waals surface area contributed by atoms with E-state index in [9.17, 15) is 0 Å². The Balaban J connectivity index is 2.79.